The second-order valence-corrected chi connectivity index (χ2v) is 3.62. The predicted molar refractivity (Wildman–Crippen MR) is 61.3 cm³/mol. The quantitative estimate of drug-likeness (QED) is 0.809. The van der Waals surface area contributed by atoms with Crippen LogP contribution in [0.4, 0.5) is 5.82 Å². The maximum absolute atomic E-state index is 5.74. The first-order valence-corrected chi connectivity index (χ1v) is 5.35. The van der Waals surface area contributed by atoms with Crippen molar-refractivity contribution in [1.82, 2.24) is 9.97 Å². The zero-order valence-corrected chi connectivity index (χ0v) is 9.87. The van der Waals surface area contributed by atoms with E-state index in [1.165, 1.54) is 6.33 Å². The van der Waals surface area contributed by atoms with Crippen molar-refractivity contribution in [2.45, 2.75) is 39.7 Å². The van der Waals surface area contributed by atoms with Crippen LogP contribution in [0.3, 0.4) is 0 Å². The van der Waals surface area contributed by atoms with Gasteiger partial charge in [0.1, 0.15) is 12.1 Å². The second kappa shape index (κ2) is 5.53. The van der Waals surface area contributed by atoms with Gasteiger partial charge in [-0.25, -0.2) is 9.97 Å². The van der Waals surface area contributed by atoms with Gasteiger partial charge >= 0.3 is 0 Å². The number of nitrogens with one attached hydrogen (secondary N) is 1. The number of hydrogen-bond donors (Lipinski definition) is 1. The molecule has 15 heavy (non-hydrogen) atoms. The van der Waals surface area contributed by atoms with E-state index >= 15 is 0 Å². The summed E-state index contributed by atoms with van der Waals surface area (Å²) >= 11 is 0. The van der Waals surface area contributed by atoms with Crippen molar-refractivity contribution >= 4 is 5.82 Å². The molecule has 1 unspecified atom stereocenters. The molecule has 0 aromatic carbocycles. The summed E-state index contributed by atoms with van der Waals surface area (Å²) in [5.41, 5.74) is 0.961. The summed E-state index contributed by atoms with van der Waals surface area (Å²) in [6.07, 6.45) is 3.88. The van der Waals surface area contributed by atoms with Crippen molar-refractivity contribution in [2.75, 3.05) is 12.4 Å². The van der Waals surface area contributed by atoms with Crippen LogP contribution >= 0.6 is 0 Å². The molecule has 0 aliphatic rings. The Morgan fingerprint density at radius 1 is 1.47 bits per heavy atom. The third kappa shape index (κ3) is 3.08. The third-order valence-electron chi connectivity index (χ3n) is 2.28. The number of ether oxygens (including phenoxy) is 1. The Kier molecular flexibility index (Phi) is 4.34. The highest BCUT2D eigenvalue weighted by molar-refractivity contribution is 5.46. The smallest absolute Gasteiger partial charge is 0.221 e. The molecule has 0 radical (unpaired) electrons. The molecule has 0 saturated heterocycles. The minimum atomic E-state index is 0.202. The van der Waals surface area contributed by atoms with E-state index in [0.29, 0.717) is 5.88 Å². The molecule has 1 atom stereocenters. The van der Waals surface area contributed by atoms with Crippen molar-refractivity contribution in [3.63, 3.8) is 0 Å². The largest absolute Gasteiger partial charge is 0.474 e. The summed E-state index contributed by atoms with van der Waals surface area (Å²) in [6.45, 7) is 6.16. The number of aromatic nitrogens is 2. The Hall–Kier alpha value is -1.32. The monoisotopic (exact) mass is 209 g/mol. The molecule has 0 fully saturated rings. The summed E-state index contributed by atoms with van der Waals surface area (Å²) in [7, 11) is 1.84. The van der Waals surface area contributed by atoms with Crippen LogP contribution in [0.15, 0.2) is 6.33 Å². The maximum Gasteiger partial charge on any atom is 0.221 e. The van der Waals surface area contributed by atoms with Crippen molar-refractivity contribution in [3.8, 4) is 5.88 Å². The van der Waals surface area contributed by atoms with E-state index < -0.39 is 0 Å². The third-order valence-corrected chi connectivity index (χ3v) is 2.28. The fourth-order valence-corrected chi connectivity index (χ4v) is 1.46. The van der Waals surface area contributed by atoms with Crippen molar-refractivity contribution < 1.29 is 4.74 Å². The molecule has 84 valence electrons. The van der Waals surface area contributed by atoms with E-state index in [-0.39, 0.29) is 6.10 Å². The predicted octanol–water partition coefficient (Wildman–Crippen LogP) is 2.39. The molecule has 0 amide bonds. The molecule has 0 aliphatic heterocycles. The van der Waals surface area contributed by atoms with Crippen LogP contribution in [0.2, 0.25) is 0 Å². The molecular formula is C11H19N3O. The van der Waals surface area contributed by atoms with E-state index in [4.69, 9.17) is 4.74 Å². The number of anilines is 1. The normalized spacial score (nSPS) is 12.3. The van der Waals surface area contributed by atoms with Gasteiger partial charge in [-0.2, -0.15) is 0 Å². The average Bonchev–Trinajstić information content (AvgIpc) is 2.21. The minimum Gasteiger partial charge on any atom is -0.474 e. The molecule has 0 saturated carbocycles. The van der Waals surface area contributed by atoms with Gasteiger partial charge in [-0.3, -0.25) is 0 Å². The van der Waals surface area contributed by atoms with Gasteiger partial charge in [0.15, 0.2) is 0 Å². The molecule has 0 aliphatic carbocycles. The first-order chi connectivity index (χ1) is 7.19. The van der Waals surface area contributed by atoms with Gasteiger partial charge in [0.25, 0.3) is 0 Å². The lowest BCUT2D eigenvalue weighted by Gasteiger charge is -2.15. The number of hydrogen-bond acceptors (Lipinski definition) is 4. The molecule has 4 nitrogen and oxygen atoms in total. The summed E-state index contributed by atoms with van der Waals surface area (Å²) in [5.74, 6) is 1.50. The van der Waals surface area contributed by atoms with Gasteiger partial charge in [0, 0.05) is 7.05 Å². The lowest BCUT2D eigenvalue weighted by Crippen LogP contribution is -2.13. The molecule has 1 N–H and O–H groups in total. The number of nitrogens with zero attached hydrogens (tertiary/aromatic N) is 2. The van der Waals surface area contributed by atoms with Crippen LogP contribution in [0.1, 0.15) is 32.3 Å². The summed E-state index contributed by atoms with van der Waals surface area (Å²) in [4.78, 5) is 8.24. The van der Waals surface area contributed by atoms with Gasteiger partial charge in [-0.05, 0) is 20.3 Å². The van der Waals surface area contributed by atoms with Crippen LogP contribution in [0, 0.1) is 6.92 Å². The summed E-state index contributed by atoms with van der Waals surface area (Å²) in [5, 5.41) is 3.01. The Labute approximate surface area is 91.1 Å². The zero-order valence-electron chi connectivity index (χ0n) is 9.87. The molecule has 1 aromatic heterocycles. The van der Waals surface area contributed by atoms with Crippen LogP contribution in [-0.4, -0.2) is 23.1 Å². The maximum atomic E-state index is 5.74. The zero-order chi connectivity index (χ0) is 11.3. The molecule has 4 heteroatoms. The average molecular weight is 209 g/mol. The van der Waals surface area contributed by atoms with Crippen LogP contribution in [-0.2, 0) is 0 Å². The van der Waals surface area contributed by atoms with Crippen molar-refractivity contribution in [3.05, 3.63) is 11.9 Å². The van der Waals surface area contributed by atoms with E-state index in [1.807, 2.05) is 14.0 Å². The highest BCUT2D eigenvalue weighted by atomic mass is 16.5. The summed E-state index contributed by atoms with van der Waals surface area (Å²) in [6, 6.07) is 0. The topological polar surface area (TPSA) is 47.0 Å². The minimum absolute atomic E-state index is 0.202. The Morgan fingerprint density at radius 3 is 2.80 bits per heavy atom. The lowest BCUT2D eigenvalue weighted by atomic mass is 10.2. The Bertz CT molecular complexity index is 315. The van der Waals surface area contributed by atoms with Crippen molar-refractivity contribution in [1.29, 1.82) is 0 Å². The van der Waals surface area contributed by atoms with E-state index in [1.54, 1.807) is 0 Å². The van der Waals surface area contributed by atoms with Crippen LogP contribution in [0.5, 0.6) is 5.88 Å². The van der Waals surface area contributed by atoms with Gasteiger partial charge in [0.2, 0.25) is 5.88 Å². The highest BCUT2D eigenvalue weighted by Gasteiger charge is 2.09. The molecule has 0 spiro atoms. The Balaban J connectivity index is 2.76. The molecule has 1 aromatic rings. The van der Waals surface area contributed by atoms with E-state index in [9.17, 15) is 0 Å². The summed E-state index contributed by atoms with van der Waals surface area (Å²) < 4.78 is 5.74. The van der Waals surface area contributed by atoms with E-state index in [0.717, 1.165) is 24.2 Å². The van der Waals surface area contributed by atoms with Gasteiger partial charge < -0.3 is 10.1 Å². The van der Waals surface area contributed by atoms with E-state index in [2.05, 4.69) is 29.1 Å². The van der Waals surface area contributed by atoms with Crippen LogP contribution < -0.4 is 10.1 Å². The van der Waals surface area contributed by atoms with Gasteiger partial charge in [-0.15, -0.1) is 0 Å². The first-order valence-electron chi connectivity index (χ1n) is 5.35. The lowest BCUT2D eigenvalue weighted by molar-refractivity contribution is 0.200. The standard InChI is InChI=1S/C11H19N3O/c1-5-6-8(2)15-11-9(3)10(12-4)13-7-14-11/h7-8H,5-6H2,1-4H3,(H,12,13,14). The fraction of sp³-hybridized carbons (Fsp3) is 0.636. The molecule has 1 rings (SSSR count). The van der Waals surface area contributed by atoms with Gasteiger partial charge in [0.05, 0.1) is 11.7 Å². The second-order valence-electron chi connectivity index (χ2n) is 3.62. The molecule has 1 heterocycles. The van der Waals surface area contributed by atoms with Crippen LogP contribution in [0.25, 0.3) is 0 Å². The number of rotatable bonds is 5. The first kappa shape index (κ1) is 11.8. The highest BCUT2D eigenvalue weighted by Crippen LogP contribution is 2.21. The SMILES string of the molecule is CCCC(C)Oc1ncnc(NC)c1C. The Morgan fingerprint density at radius 2 is 2.20 bits per heavy atom. The molecular weight excluding hydrogens is 190 g/mol. The fourth-order valence-electron chi connectivity index (χ4n) is 1.46. The van der Waals surface area contributed by atoms with Gasteiger partial charge in [-0.1, -0.05) is 13.3 Å². The van der Waals surface area contributed by atoms with Crippen molar-refractivity contribution in [2.24, 2.45) is 0 Å². The molecule has 0 bridgehead atoms.